The summed E-state index contributed by atoms with van der Waals surface area (Å²) in [7, 11) is 0. The molecule has 7 heteroatoms. The standard InChI is InChI=1S/C27H18N4O2.Fe/c32-27(33)17-3-1-16(2-4-17)25-14-24-13-22-8-7-20(29-22)11-18-5-6-19(28-18)12-21-9-10-23(30-21)15-26(25)31-24;/h1-15,29-30H,(H,32,33);. The van der Waals surface area contributed by atoms with Crippen molar-refractivity contribution in [3.05, 3.63) is 107 Å². The fourth-order valence-corrected chi connectivity index (χ4v) is 4.04. The van der Waals surface area contributed by atoms with Gasteiger partial charge in [-0.1, -0.05) is 12.1 Å². The number of carboxylic acids is 1. The largest absolute Gasteiger partial charge is 0.478 e. The number of carboxylic acid groups (broad SMARTS) is 1. The number of nitrogens with one attached hydrogen (secondary N) is 2. The number of carbonyl (C=O) groups is 1. The van der Waals surface area contributed by atoms with E-state index in [1.165, 1.54) is 0 Å². The molecule has 3 aromatic heterocycles. The van der Waals surface area contributed by atoms with Gasteiger partial charge in [-0.2, -0.15) is 0 Å². The Kier molecular flexibility index (Phi) is 5.49. The van der Waals surface area contributed by atoms with Crippen LogP contribution >= 0.6 is 0 Å². The molecule has 0 unspecified atom stereocenters. The molecule has 6 rings (SSSR count). The van der Waals surface area contributed by atoms with E-state index in [0.717, 1.165) is 56.0 Å². The molecule has 6 nitrogen and oxygen atoms in total. The van der Waals surface area contributed by atoms with Gasteiger partial charge in [0, 0.05) is 44.7 Å². The molecule has 0 saturated carbocycles. The molecule has 0 radical (unpaired) electrons. The second kappa shape index (κ2) is 8.63. The fourth-order valence-electron chi connectivity index (χ4n) is 4.04. The monoisotopic (exact) mass is 486 g/mol. The first-order valence-electron chi connectivity index (χ1n) is 10.5. The van der Waals surface area contributed by atoms with E-state index in [4.69, 9.17) is 4.98 Å². The zero-order chi connectivity index (χ0) is 22.4. The van der Waals surface area contributed by atoms with Gasteiger partial charge in [0.05, 0.1) is 28.3 Å². The predicted octanol–water partition coefficient (Wildman–Crippen LogP) is 5.77. The first kappa shape index (κ1) is 21.6. The molecule has 4 aromatic rings. The first-order chi connectivity index (χ1) is 16.1. The normalized spacial score (nSPS) is 12.2. The molecule has 0 fully saturated rings. The number of hydrogen-bond acceptors (Lipinski definition) is 3. The minimum absolute atomic E-state index is 0. The van der Waals surface area contributed by atoms with Crippen molar-refractivity contribution in [1.29, 1.82) is 0 Å². The van der Waals surface area contributed by atoms with Crippen molar-refractivity contribution in [2.75, 3.05) is 0 Å². The van der Waals surface area contributed by atoms with Crippen LogP contribution in [0.4, 0.5) is 0 Å². The average Bonchev–Trinajstić information content (AvgIpc) is 3.59. The van der Waals surface area contributed by atoms with Crippen molar-refractivity contribution in [2.24, 2.45) is 0 Å². The van der Waals surface area contributed by atoms with Crippen LogP contribution in [-0.2, 0) is 17.1 Å². The third-order valence-corrected chi connectivity index (χ3v) is 5.61. The molecule has 0 atom stereocenters. The number of nitrogens with zero attached hydrogens (tertiary/aromatic N) is 2. The second-order valence-electron chi connectivity index (χ2n) is 7.97. The molecule has 0 spiro atoms. The van der Waals surface area contributed by atoms with Crippen LogP contribution in [0.25, 0.3) is 45.9 Å². The maximum absolute atomic E-state index is 11.2. The van der Waals surface area contributed by atoms with Gasteiger partial charge in [0.2, 0.25) is 0 Å². The summed E-state index contributed by atoms with van der Waals surface area (Å²) in [6, 6.07) is 22.9. The van der Waals surface area contributed by atoms with Crippen LogP contribution in [0, 0.1) is 0 Å². The zero-order valence-electron chi connectivity index (χ0n) is 17.8. The van der Waals surface area contributed by atoms with Crippen molar-refractivity contribution in [3.8, 4) is 0 Å². The number of rotatable bonds is 2. The molecule has 34 heavy (non-hydrogen) atoms. The summed E-state index contributed by atoms with van der Waals surface area (Å²) >= 11 is 0. The minimum atomic E-state index is -0.943. The van der Waals surface area contributed by atoms with Crippen LogP contribution in [0.2, 0.25) is 0 Å². The first-order valence-corrected chi connectivity index (χ1v) is 10.5. The molecule has 2 aliphatic heterocycles. The Morgan fingerprint density at radius 1 is 0.676 bits per heavy atom. The molecular weight excluding hydrogens is 468 g/mol. The van der Waals surface area contributed by atoms with Gasteiger partial charge in [-0.05, 0) is 84.5 Å². The Morgan fingerprint density at radius 3 is 1.76 bits per heavy atom. The number of fused-ring (bicyclic) bond motifs is 8. The Balaban J connectivity index is 0.00000241. The summed E-state index contributed by atoms with van der Waals surface area (Å²) in [4.78, 5) is 27.6. The number of aromatic carboxylic acids is 1. The molecule has 1 aromatic carbocycles. The van der Waals surface area contributed by atoms with Crippen molar-refractivity contribution in [3.63, 3.8) is 0 Å². The molecule has 2 aliphatic rings. The van der Waals surface area contributed by atoms with Gasteiger partial charge < -0.3 is 15.1 Å². The summed E-state index contributed by atoms with van der Waals surface area (Å²) in [5.41, 5.74) is 9.24. The average molecular weight is 486 g/mol. The number of benzene rings is 1. The van der Waals surface area contributed by atoms with E-state index in [1.807, 2.05) is 78.9 Å². The zero-order valence-corrected chi connectivity index (χ0v) is 18.9. The van der Waals surface area contributed by atoms with Crippen LogP contribution < -0.4 is 0 Å². The van der Waals surface area contributed by atoms with E-state index in [1.54, 1.807) is 12.1 Å². The van der Waals surface area contributed by atoms with Crippen molar-refractivity contribution >= 4 is 51.8 Å². The van der Waals surface area contributed by atoms with E-state index in [9.17, 15) is 9.90 Å². The van der Waals surface area contributed by atoms with Gasteiger partial charge in [0.25, 0.3) is 0 Å². The molecule has 3 N–H and O–H groups in total. The minimum Gasteiger partial charge on any atom is -0.478 e. The Morgan fingerprint density at radius 2 is 1.21 bits per heavy atom. The van der Waals surface area contributed by atoms with Crippen LogP contribution in [0.1, 0.15) is 38.7 Å². The second-order valence-corrected chi connectivity index (χ2v) is 7.97. The van der Waals surface area contributed by atoms with Crippen molar-refractivity contribution in [1.82, 2.24) is 19.9 Å². The maximum atomic E-state index is 11.2. The molecule has 5 heterocycles. The Hall–Kier alpha value is -4.19. The topological polar surface area (TPSA) is 94.7 Å². The van der Waals surface area contributed by atoms with Gasteiger partial charge in [0.15, 0.2) is 0 Å². The smallest absolute Gasteiger partial charge is 0.335 e. The molecule has 0 saturated heterocycles. The van der Waals surface area contributed by atoms with Gasteiger partial charge in [-0.25, -0.2) is 14.8 Å². The Bertz CT molecular complexity index is 1640. The quantitative estimate of drug-likeness (QED) is 0.271. The van der Waals surface area contributed by atoms with Crippen LogP contribution in [-0.4, -0.2) is 31.0 Å². The van der Waals surface area contributed by atoms with Gasteiger partial charge in [0.1, 0.15) is 0 Å². The van der Waals surface area contributed by atoms with Gasteiger partial charge in [-0.3, -0.25) is 0 Å². The third kappa shape index (κ3) is 4.22. The molecule has 166 valence electrons. The van der Waals surface area contributed by atoms with E-state index in [2.05, 4.69) is 15.0 Å². The SMILES string of the molecule is O=C(O)c1ccc(C2=Cc3cc4ccc(cc5nc(cc6ccc(cc2n3)[nH]6)C=C5)[nH]4)cc1.[Fe]. The van der Waals surface area contributed by atoms with Crippen molar-refractivity contribution in [2.45, 2.75) is 0 Å². The van der Waals surface area contributed by atoms with Gasteiger partial charge in [-0.15, -0.1) is 0 Å². The van der Waals surface area contributed by atoms with Crippen LogP contribution in [0.15, 0.2) is 72.8 Å². The molecule has 8 bridgehead atoms. The van der Waals surface area contributed by atoms with E-state index < -0.39 is 5.97 Å². The number of hydrogen-bond donors (Lipinski definition) is 3. The third-order valence-electron chi connectivity index (χ3n) is 5.61. The van der Waals surface area contributed by atoms with E-state index in [0.29, 0.717) is 0 Å². The summed E-state index contributed by atoms with van der Waals surface area (Å²) in [6.45, 7) is 0. The van der Waals surface area contributed by atoms with Crippen LogP contribution in [0.3, 0.4) is 0 Å². The summed E-state index contributed by atoms with van der Waals surface area (Å²) in [6.07, 6.45) is 6.01. The molecular formula is C27H18FeN4O2. The van der Waals surface area contributed by atoms with Gasteiger partial charge >= 0.3 is 5.97 Å². The maximum Gasteiger partial charge on any atom is 0.335 e. The molecule has 0 amide bonds. The van der Waals surface area contributed by atoms with Crippen molar-refractivity contribution < 1.29 is 27.0 Å². The van der Waals surface area contributed by atoms with Crippen LogP contribution in [0.5, 0.6) is 0 Å². The van der Waals surface area contributed by atoms with E-state index in [-0.39, 0.29) is 22.6 Å². The number of H-pyrrole nitrogens is 2. The fraction of sp³-hybridized carbons (Fsp3) is 0. The predicted molar refractivity (Wildman–Crippen MR) is 130 cm³/mol. The Labute approximate surface area is 205 Å². The summed E-state index contributed by atoms with van der Waals surface area (Å²) < 4.78 is 0. The molecule has 0 aliphatic carbocycles. The number of aromatic amines is 2. The summed E-state index contributed by atoms with van der Waals surface area (Å²) in [5, 5.41) is 9.23. The number of aromatic nitrogens is 4. The van der Waals surface area contributed by atoms with E-state index >= 15 is 0 Å². The summed E-state index contributed by atoms with van der Waals surface area (Å²) in [5.74, 6) is -0.943.